The van der Waals surface area contributed by atoms with Gasteiger partial charge in [0.2, 0.25) is 0 Å². The van der Waals surface area contributed by atoms with Gasteiger partial charge in [-0.05, 0) is 19.8 Å². The molecular formula is C7H14FNO2S. The van der Waals surface area contributed by atoms with E-state index in [1.807, 2.05) is 4.90 Å². The van der Waals surface area contributed by atoms with E-state index in [-0.39, 0.29) is 5.37 Å². The highest BCUT2D eigenvalue weighted by Gasteiger charge is 2.24. The summed E-state index contributed by atoms with van der Waals surface area (Å²) in [6.07, 6.45) is 0.254. The van der Waals surface area contributed by atoms with Gasteiger partial charge in [-0.2, -0.15) is 0 Å². The van der Waals surface area contributed by atoms with Gasteiger partial charge in [-0.3, -0.25) is 4.90 Å². The lowest BCUT2D eigenvalue weighted by molar-refractivity contribution is 0.142. The van der Waals surface area contributed by atoms with Crippen LogP contribution in [0.25, 0.3) is 0 Å². The fraction of sp³-hybridized carbons (Fsp3) is 1.00. The monoisotopic (exact) mass is 195 g/mol. The Morgan fingerprint density at radius 2 is 2.08 bits per heavy atom. The van der Waals surface area contributed by atoms with Gasteiger partial charge in [0.05, 0.1) is 0 Å². The first-order valence-corrected chi connectivity index (χ1v) is 5.26. The number of halogens is 1. The highest BCUT2D eigenvalue weighted by atomic mass is 32.2. The number of rotatable bonds is 2. The molecule has 2 atom stereocenters. The number of alkyl halides is 1. The van der Waals surface area contributed by atoms with Gasteiger partial charge in [0.15, 0.2) is 11.1 Å². The van der Waals surface area contributed by atoms with E-state index >= 15 is 0 Å². The van der Waals surface area contributed by atoms with Crippen LogP contribution in [-0.4, -0.2) is 38.3 Å². The van der Waals surface area contributed by atoms with Gasteiger partial charge < -0.3 is 4.55 Å². The van der Waals surface area contributed by atoms with Crippen molar-refractivity contribution in [2.45, 2.75) is 31.3 Å². The zero-order chi connectivity index (χ0) is 9.14. The van der Waals surface area contributed by atoms with Crippen LogP contribution in [0.2, 0.25) is 0 Å². The van der Waals surface area contributed by atoms with Gasteiger partial charge in [0.1, 0.15) is 11.5 Å². The molecule has 0 spiro atoms. The summed E-state index contributed by atoms with van der Waals surface area (Å²) in [5.74, 6) is 0. The summed E-state index contributed by atoms with van der Waals surface area (Å²) in [7, 11) is 0. The molecule has 1 fully saturated rings. The number of hydrogen-bond acceptors (Lipinski definition) is 2. The van der Waals surface area contributed by atoms with E-state index in [1.165, 1.54) is 0 Å². The average Bonchev–Trinajstić information content (AvgIpc) is 2.04. The molecule has 1 saturated heterocycles. The number of nitrogens with zero attached hydrogens (tertiary/aromatic N) is 1. The maximum absolute atomic E-state index is 12.7. The fourth-order valence-corrected chi connectivity index (χ4v) is 1.82. The van der Waals surface area contributed by atoms with Crippen molar-refractivity contribution in [3.05, 3.63) is 0 Å². The third-order valence-corrected chi connectivity index (χ3v) is 3.15. The van der Waals surface area contributed by atoms with Gasteiger partial charge in [0.25, 0.3) is 0 Å². The second kappa shape index (κ2) is 4.30. The molecule has 3 nitrogen and oxygen atoms in total. The summed E-state index contributed by atoms with van der Waals surface area (Å²) in [4.78, 5) is 1.85. The van der Waals surface area contributed by atoms with E-state index in [4.69, 9.17) is 4.55 Å². The molecule has 0 aliphatic carbocycles. The summed E-state index contributed by atoms with van der Waals surface area (Å²) in [6, 6.07) is 0. The van der Waals surface area contributed by atoms with Crippen LogP contribution in [0.1, 0.15) is 19.8 Å². The third-order valence-electron chi connectivity index (χ3n) is 2.27. The molecule has 12 heavy (non-hydrogen) atoms. The predicted octanol–water partition coefficient (Wildman–Crippen LogP) is 0.988. The summed E-state index contributed by atoms with van der Waals surface area (Å²) in [5.41, 5.74) is 0. The van der Waals surface area contributed by atoms with Crippen LogP contribution in [0.5, 0.6) is 0 Å². The Labute approximate surface area is 74.2 Å². The molecule has 0 amide bonds. The Kier molecular flexibility index (Phi) is 3.61. The maximum atomic E-state index is 12.7. The molecule has 2 unspecified atom stereocenters. The Bertz CT molecular complexity index is 171. The molecule has 1 rings (SSSR count). The molecule has 0 radical (unpaired) electrons. The lowest BCUT2D eigenvalue weighted by Gasteiger charge is -2.31. The standard InChI is InChI=1S/C7H14FNO2S/c1-6(12(10)11)9-4-2-7(8)3-5-9/h6-7H,2-5H2,1H3,(H,10,11). The number of piperidine rings is 1. The van der Waals surface area contributed by atoms with Crippen LogP contribution in [0.3, 0.4) is 0 Å². The van der Waals surface area contributed by atoms with E-state index in [0.717, 1.165) is 0 Å². The first-order chi connectivity index (χ1) is 5.61. The minimum Gasteiger partial charge on any atom is -0.305 e. The largest absolute Gasteiger partial charge is 0.305 e. The molecule has 1 aliphatic rings. The van der Waals surface area contributed by atoms with E-state index in [9.17, 15) is 8.60 Å². The predicted molar refractivity (Wildman–Crippen MR) is 45.9 cm³/mol. The van der Waals surface area contributed by atoms with Crippen molar-refractivity contribution in [1.82, 2.24) is 4.90 Å². The second-order valence-electron chi connectivity index (χ2n) is 3.09. The maximum Gasteiger partial charge on any atom is 0.170 e. The van der Waals surface area contributed by atoms with Crippen molar-refractivity contribution in [2.75, 3.05) is 13.1 Å². The molecule has 1 N–H and O–H groups in total. The Morgan fingerprint density at radius 3 is 2.50 bits per heavy atom. The molecule has 0 aromatic heterocycles. The van der Waals surface area contributed by atoms with Crippen molar-refractivity contribution in [1.29, 1.82) is 0 Å². The van der Waals surface area contributed by atoms with E-state index < -0.39 is 17.3 Å². The van der Waals surface area contributed by atoms with Gasteiger partial charge in [0, 0.05) is 13.1 Å². The van der Waals surface area contributed by atoms with Crippen molar-refractivity contribution < 1.29 is 13.2 Å². The second-order valence-corrected chi connectivity index (χ2v) is 4.32. The molecule has 1 aliphatic heterocycles. The molecule has 1 heterocycles. The lowest BCUT2D eigenvalue weighted by Crippen LogP contribution is -2.42. The van der Waals surface area contributed by atoms with Crippen LogP contribution in [-0.2, 0) is 11.1 Å². The van der Waals surface area contributed by atoms with Gasteiger partial charge in [-0.25, -0.2) is 8.60 Å². The van der Waals surface area contributed by atoms with Gasteiger partial charge in [-0.15, -0.1) is 0 Å². The Morgan fingerprint density at radius 1 is 1.58 bits per heavy atom. The van der Waals surface area contributed by atoms with E-state index in [0.29, 0.717) is 25.9 Å². The third kappa shape index (κ3) is 2.50. The summed E-state index contributed by atoms with van der Waals surface area (Å²) < 4.78 is 32.1. The number of likely N-dealkylation sites (tertiary alicyclic amines) is 1. The van der Waals surface area contributed by atoms with Crippen LogP contribution in [0.4, 0.5) is 4.39 Å². The highest BCUT2D eigenvalue weighted by Crippen LogP contribution is 2.16. The molecule has 0 saturated carbocycles. The average molecular weight is 195 g/mol. The van der Waals surface area contributed by atoms with Crippen molar-refractivity contribution >= 4 is 11.1 Å². The van der Waals surface area contributed by atoms with Crippen molar-refractivity contribution in [3.8, 4) is 0 Å². The van der Waals surface area contributed by atoms with Crippen LogP contribution in [0.15, 0.2) is 0 Å². The van der Waals surface area contributed by atoms with E-state index in [1.54, 1.807) is 6.92 Å². The molecule has 0 bridgehead atoms. The molecule has 0 aromatic rings. The zero-order valence-electron chi connectivity index (χ0n) is 7.07. The first-order valence-electron chi connectivity index (χ1n) is 4.09. The zero-order valence-corrected chi connectivity index (χ0v) is 7.89. The summed E-state index contributed by atoms with van der Waals surface area (Å²) >= 11 is -1.82. The normalized spacial score (nSPS) is 26.9. The summed E-state index contributed by atoms with van der Waals surface area (Å²) in [6.45, 7) is 2.87. The Balaban J connectivity index is 2.39. The first kappa shape index (κ1) is 10.1. The minimum absolute atomic E-state index is 0.363. The van der Waals surface area contributed by atoms with E-state index in [2.05, 4.69) is 0 Å². The molecule has 0 aromatic carbocycles. The Hall–Kier alpha value is -0.0000000000000000486. The highest BCUT2D eigenvalue weighted by molar-refractivity contribution is 7.79. The summed E-state index contributed by atoms with van der Waals surface area (Å²) in [5, 5.41) is -0.363. The number of hydrogen-bond donors (Lipinski definition) is 1. The van der Waals surface area contributed by atoms with Crippen LogP contribution in [0, 0.1) is 0 Å². The SMILES string of the molecule is CC(N1CCC(F)CC1)S(=O)O. The van der Waals surface area contributed by atoms with Gasteiger partial charge in [-0.1, -0.05) is 0 Å². The van der Waals surface area contributed by atoms with Crippen LogP contribution >= 0.6 is 0 Å². The molecule has 5 heteroatoms. The molecule has 72 valence electrons. The quantitative estimate of drug-likeness (QED) is 0.668. The van der Waals surface area contributed by atoms with Gasteiger partial charge >= 0.3 is 0 Å². The smallest absolute Gasteiger partial charge is 0.170 e. The van der Waals surface area contributed by atoms with Crippen molar-refractivity contribution in [3.63, 3.8) is 0 Å². The van der Waals surface area contributed by atoms with Crippen LogP contribution < -0.4 is 0 Å². The van der Waals surface area contributed by atoms with Crippen molar-refractivity contribution in [2.24, 2.45) is 0 Å². The molecular weight excluding hydrogens is 181 g/mol. The topological polar surface area (TPSA) is 40.5 Å². The minimum atomic E-state index is -1.82. The fourth-order valence-electron chi connectivity index (χ4n) is 1.36. The lowest BCUT2D eigenvalue weighted by atomic mass is 10.1.